The van der Waals surface area contributed by atoms with Gasteiger partial charge >= 0.3 is 5.97 Å². The van der Waals surface area contributed by atoms with Crippen LogP contribution in [0.1, 0.15) is 21.9 Å². The summed E-state index contributed by atoms with van der Waals surface area (Å²) in [6, 6.07) is 9.49. The smallest absolute Gasteiger partial charge is 0.339 e. The molecular weight excluding hydrogens is 282 g/mol. The van der Waals surface area contributed by atoms with Crippen LogP contribution < -0.4 is 4.74 Å². The standard InChI is InChI=1S/C16H13N3O3/c1-10-12(16(20)21)8-18-14(19-10)9-22-13-6-2-4-11-5-3-7-17-15(11)13/h2-8H,9H2,1H3,(H,20,21). The lowest BCUT2D eigenvalue weighted by Gasteiger charge is -2.08. The number of rotatable bonds is 4. The molecule has 0 aliphatic heterocycles. The Kier molecular flexibility index (Phi) is 3.65. The molecule has 22 heavy (non-hydrogen) atoms. The molecule has 0 saturated carbocycles. The topological polar surface area (TPSA) is 85.2 Å². The van der Waals surface area contributed by atoms with E-state index in [-0.39, 0.29) is 12.2 Å². The van der Waals surface area contributed by atoms with Crippen LogP contribution in [0.5, 0.6) is 5.75 Å². The van der Waals surface area contributed by atoms with Crippen LogP contribution in [0.15, 0.2) is 42.7 Å². The van der Waals surface area contributed by atoms with Crippen molar-refractivity contribution in [3.8, 4) is 5.75 Å². The molecule has 6 nitrogen and oxygen atoms in total. The number of hydrogen-bond donors (Lipinski definition) is 1. The van der Waals surface area contributed by atoms with Crippen molar-refractivity contribution in [2.75, 3.05) is 0 Å². The fourth-order valence-corrected chi connectivity index (χ4v) is 2.13. The van der Waals surface area contributed by atoms with E-state index in [9.17, 15) is 4.79 Å². The number of benzene rings is 1. The molecule has 0 fully saturated rings. The molecule has 0 amide bonds. The maximum absolute atomic E-state index is 10.9. The van der Waals surface area contributed by atoms with Gasteiger partial charge in [-0.1, -0.05) is 18.2 Å². The van der Waals surface area contributed by atoms with Crippen molar-refractivity contribution in [1.82, 2.24) is 15.0 Å². The number of carboxylic acids is 1. The molecule has 6 heteroatoms. The van der Waals surface area contributed by atoms with Crippen LogP contribution in [-0.2, 0) is 6.61 Å². The number of nitrogens with zero attached hydrogens (tertiary/aromatic N) is 3. The predicted octanol–water partition coefficient (Wildman–Crippen LogP) is 2.61. The van der Waals surface area contributed by atoms with Crippen molar-refractivity contribution in [2.24, 2.45) is 0 Å². The van der Waals surface area contributed by atoms with Crippen LogP contribution >= 0.6 is 0 Å². The van der Waals surface area contributed by atoms with E-state index in [1.54, 1.807) is 13.1 Å². The van der Waals surface area contributed by atoms with E-state index in [2.05, 4.69) is 15.0 Å². The van der Waals surface area contributed by atoms with Crippen molar-refractivity contribution in [3.63, 3.8) is 0 Å². The minimum Gasteiger partial charge on any atom is -0.483 e. The lowest BCUT2D eigenvalue weighted by molar-refractivity contribution is 0.0695. The molecule has 2 heterocycles. The van der Waals surface area contributed by atoms with Gasteiger partial charge in [-0.15, -0.1) is 0 Å². The molecule has 3 aromatic rings. The number of aromatic nitrogens is 3. The summed E-state index contributed by atoms with van der Waals surface area (Å²) < 4.78 is 5.73. The Bertz CT molecular complexity index is 844. The van der Waals surface area contributed by atoms with Crippen LogP contribution in [0.3, 0.4) is 0 Å². The number of pyridine rings is 1. The van der Waals surface area contributed by atoms with Crippen LogP contribution in [-0.4, -0.2) is 26.0 Å². The summed E-state index contributed by atoms with van der Waals surface area (Å²) in [6.45, 7) is 1.78. The molecule has 2 aromatic heterocycles. The largest absolute Gasteiger partial charge is 0.483 e. The molecule has 0 atom stereocenters. The summed E-state index contributed by atoms with van der Waals surface area (Å²) in [4.78, 5) is 23.4. The predicted molar refractivity (Wildman–Crippen MR) is 79.8 cm³/mol. The fourth-order valence-electron chi connectivity index (χ4n) is 2.13. The molecule has 3 rings (SSSR count). The molecule has 1 aromatic carbocycles. The van der Waals surface area contributed by atoms with Crippen LogP contribution in [0.2, 0.25) is 0 Å². The third-order valence-corrected chi connectivity index (χ3v) is 3.21. The van der Waals surface area contributed by atoms with Crippen LogP contribution in [0, 0.1) is 6.92 Å². The Hall–Kier alpha value is -3.02. The number of aryl methyl sites for hydroxylation is 1. The highest BCUT2D eigenvalue weighted by molar-refractivity contribution is 5.88. The molecule has 0 aliphatic rings. The first-order valence-electron chi connectivity index (χ1n) is 6.67. The Morgan fingerprint density at radius 1 is 1.23 bits per heavy atom. The average molecular weight is 295 g/mol. The molecular formula is C16H13N3O3. The van der Waals surface area contributed by atoms with Gasteiger partial charge in [0, 0.05) is 17.8 Å². The first-order valence-corrected chi connectivity index (χ1v) is 6.67. The number of ether oxygens (including phenoxy) is 1. The van der Waals surface area contributed by atoms with E-state index in [0.717, 1.165) is 10.9 Å². The summed E-state index contributed by atoms with van der Waals surface area (Å²) in [6.07, 6.45) is 3.00. The zero-order valence-electron chi connectivity index (χ0n) is 11.9. The van der Waals surface area contributed by atoms with Gasteiger partial charge < -0.3 is 9.84 Å². The van der Waals surface area contributed by atoms with E-state index in [1.807, 2.05) is 30.3 Å². The molecule has 110 valence electrons. The first kappa shape index (κ1) is 13.9. The third kappa shape index (κ3) is 2.71. The minimum atomic E-state index is -1.04. The highest BCUT2D eigenvalue weighted by Gasteiger charge is 2.10. The lowest BCUT2D eigenvalue weighted by atomic mass is 10.2. The fraction of sp³-hybridized carbons (Fsp3) is 0.125. The van der Waals surface area contributed by atoms with Crippen molar-refractivity contribution in [3.05, 3.63) is 59.8 Å². The molecule has 0 spiro atoms. The van der Waals surface area contributed by atoms with Crippen molar-refractivity contribution < 1.29 is 14.6 Å². The number of carboxylic acid groups (broad SMARTS) is 1. The first-order chi connectivity index (χ1) is 10.6. The second-order valence-corrected chi connectivity index (χ2v) is 4.71. The Balaban J connectivity index is 1.82. The number of hydrogen-bond acceptors (Lipinski definition) is 5. The van der Waals surface area contributed by atoms with E-state index in [4.69, 9.17) is 9.84 Å². The van der Waals surface area contributed by atoms with Gasteiger partial charge in [0.25, 0.3) is 0 Å². The Labute approximate surface area is 126 Å². The van der Waals surface area contributed by atoms with Gasteiger partial charge in [-0.05, 0) is 19.1 Å². The van der Waals surface area contributed by atoms with Gasteiger partial charge in [-0.25, -0.2) is 14.8 Å². The van der Waals surface area contributed by atoms with Gasteiger partial charge in [0.15, 0.2) is 5.82 Å². The number of fused-ring (bicyclic) bond motifs is 1. The number of para-hydroxylation sites is 1. The highest BCUT2D eigenvalue weighted by atomic mass is 16.5. The Morgan fingerprint density at radius 2 is 2.05 bits per heavy atom. The quantitative estimate of drug-likeness (QED) is 0.796. The maximum atomic E-state index is 10.9. The van der Waals surface area contributed by atoms with E-state index >= 15 is 0 Å². The van der Waals surface area contributed by atoms with Crippen LogP contribution in [0.4, 0.5) is 0 Å². The number of carbonyl (C=O) groups is 1. The zero-order valence-corrected chi connectivity index (χ0v) is 11.9. The van der Waals surface area contributed by atoms with Crippen molar-refractivity contribution >= 4 is 16.9 Å². The summed E-state index contributed by atoms with van der Waals surface area (Å²) in [5.74, 6) is 0.0281. The van der Waals surface area contributed by atoms with Gasteiger partial charge in [0.2, 0.25) is 0 Å². The Morgan fingerprint density at radius 3 is 2.82 bits per heavy atom. The van der Waals surface area contributed by atoms with Gasteiger partial charge in [0.05, 0.1) is 11.3 Å². The molecule has 0 unspecified atom stereocenters. The third-order valence-electron chi connectivity index (χ3n) is 3.21. The average Bonchev–Trinajstić information content (AvgIpc) is 2.52. The zero-order chi connectivity index (χ0) is 15.5. The summed E-state index contributed by atoms with van der Waals surface area (Å²) in [5.41, 5.74) is 1.27. The van der Waals surface area contributed by atoms with Gasteiger partial charge in [-0.2, -0.15) is 0 Å². The highest BCUT2D eigenvalue weighted by Crippen LogP contribution is 2.23. The van der Waals surface area contributed by atoms with Crippen molar-refractivity contribution in [1.29, 1.82) is 0 Å². The van der Waals surface area contributed by atoms with E-state index < -0.39 is 5.97 Å². The van der Waals surface area contributed by atoms with Gasteiger partial charge in [-0.3, -0.25) is 4.98 Å². The summed E-state index contributed by atoms with van der Waals surface area (Å²) in [7, 11) is 0. The summed E-state index contributed by atoms with van der Waals surface area (Å²) in [5, 5.41) is 9.95. The van der Waals surface area contributed by atoms with E-state index in [1.165, 1.54) is 6.20 Å². The normalized spacial score (nSPS) is 10.6. The van der Waals surface area contributed by atoms with Crippen LogP contribution in [0.25, 0.3) is 10.9 Å². The minimum absolute atomic E-state index is 0.0931. The molecule has 0 bridgehead atoms. The second-order valence-electron chi connectivity index (χ2n) is 4.71. The van der Waals surface area contributed by atoms with Crippen molar-refractivity contribution in [2.45, 2.75) is 13.5 Å². The summed E-state index contributed by atoms with van der Waals surface area (Å²) >= 11 is 0. The monoisotopic (exact) mass is 295 g/mol. The van der Waals surface area contributed by atoms with E-state index in [0.29, 0.717) is 17.3 Å². The molecule has 0 saturated heterocycles. The lowest BCUT2D eigenvalue weighted by Crippen LogP contribution is -2.08. The molecule has 0 radical (unpaired) electrons. The number of aromatic carboxylic acids is 1. The SMILES string of the molecule is Cc1nc(COc2cccc3cccnc23)ncc1C(=O)O. The second kappa shape index (κ2) is 5.77. The maximum Gasteiger partial charge on any atom is 0.339 e. The van der Waals surface area contributed by atoms with Gasteiger partial charge in [0.1, 0.15) is 17.9 Å². The molecule has 0 aliphatic carbocycles. The molecule has 1 N–H and O–H groups in total.